The van der Waals surface area contributed by atoms with Crippen LogP contribution in [0.4, 0.5) is 0 Å². The lowest BCUT2D eigenvalue weighted by atomic mass is 9.92. The summed E-state index contributed by atoms with van der Waals surface area (Å²) in [5.41, 5.74) is 6.05. The predicted molar refractivity (Wildman–Crippen MR) is 121 cm³/mol. The molecule has 0 aromatic heterocycles. The molecule has 3 nitrogen and oxygen atoms in total. The zero-order valence-corrected chi connectivity index (χ0v) is 17.6. The highest BCUT2D eigenvalue weighted by atomic mass is 16.3. The van der Waals surface area contributed by atoms with E-state index in [0.29, 0.717) is 6.42 Å². The molecule has 3 aromatic carbocycles. The summed E-state index contributed by atoms with van der Waals surface area (Å²) < 4.78 is 2.35. The van der Waals surface area contributed by atoms with Crippen molar-refractivity contribution >= 4 is 5.71 Å². The number of hydrazine groups is 1. The monoisotopic (exact) mass is 397 g/mol. The van der Waals surface area contributed by atoms with Gasteiger partial charge in [0.1, 0.15) is 0 Å². The first-order chi connectivity index (χ1) is 14.6. The van der Waals surface area contributed by atoms with Gasteiger partial charge in [0, 0.05) is 17.5 Å². The molecule has 0 amide bonds. The lowest BCUT2D eigenvalue weighted by Gasteiger charge is -2.30. The summed E-state index contributed by atoms with van der Waals surface area (Å²) in [6.07, 6.45) is 4.09. The fraction of sp³-hybridized carbons (Fsp3) is 0.296. The first-order valence-electron chi connectivity index (χ1n) is 11.0. The first kappa shape index (κ1) is 19.1. The highest BCUT2D eigenvalue weighted by molar-refractivity contribution is 5.98. The largest absolute Gasteiger partial charge is 0.362 e. The van der Waals surface area contributed by atoms with Crippen LogP contribution in [0.15, 0.2) is 78.9 Å². The third-order valence-electron chi connectivity index (χ3n) is 6.52. The van der Waals surface area contributed by atoms with Crippen molar-refractivity contribution < 1.29 is 9.79 Å². The molecule has 0 bridgehead atoms. The lowest BCUT2D eigenvalue weighted by molar-refractivity contribution is -0.706. The van der Waals surface area contributed by atoms with Crippen molar-refractivity contribution in [3.05, 3.63) is 95.6 Å². The molecule has 1 N–H and O–H groups in total. The van der Waals surface area contributed by atoms with Crippen LogP contribution >= 0.6 is 0 Å². The summed E-state index contributed by atoms with van der Waals surface area (Å²) in [5, 5.41) is 14.2. The third-order valence-corrected chi connectivity index (χ3v) is 6.52. The van der Waals surface area contributed by atoms with Gasteiger partial charge in [-0.1, -0.05) is 72.3 Å². The molecule has 2 aliphatic heterocycles. The quantitative estimate of drug-likeness (QED) is 0.622. The van der Waals surface area contributed by atoms with E-state index in [4.69, 9.17) is 0 Å². The van der Waals surface area contributed by atoms with E-state index in [1.165, 1.54) is 34.4 Å². The van der Waals surface area contributed by atoms with Crippen LogP contribution in [0.3, 0.4) is 0 Å². The molecule has 0 unspecified atom stereocenters. The minimum Gasteiger partial charge on any atom is -0.362 e. The Labute approximate surface area is 178 Å². The van der Waals surface area contributed by atoms with Crippen molar-refractivity contribution in [2.24, 2.45) is 0 Å². The highest BCUT2D eigenvalue weighted by Gasteiger charge is 2.52. The Kier molecular flexibility index (Phi) is 4.92. The Morgan fingerprint density at radius 1 is 0.767 bits per heavy atom. The molecule has 30 heavy (non-hydrogen) atoms. The molecule has 3 heteroatoms. The summed E-state index contributed by atoms with van der Waals surface area (Å²) in [7, 11) is 0. The number of hydrazone groups is 1. The predicted octanol–water partition coefficient (Wildman–Crippen LogP) is 5.11. The van der Waals surface area contributed by atoms with Gasteiger partial charge in [0.15, 0.2) is 6.54 Å². The summed E-state index contributed by atoms with van der Waals surface area (Å²) in [4.78, 5) is 0. The third kappa shape index (κ3) is 3.33. The maximum absolute atomic E-state index is 12.0. The molecule has 152 valence electrons. The van der Waals surface area contributed by atoms with Crippen molar-refractivity contribution in [3.63, 3.8) is 0 Å². The summed E-state index contributed by atoms with van der Waals surface area (Å²) in [6, 6.07) is 27.6. The Morgan fingerprint density at radius 3 is 2.17 bits per heavy atom. The van der Waals surface area contributed by atoms with Gasteiger partial charge >= 0.3 is 0 Å². The standard InChI is InChI=1S/C27H29N2O/c1-21-10-12-24(13-11-21)26-20-27(30,29-19-7-3-6-18-28(26)29)25-16-14-23(15-17-25)22-8-4-2-5-9-22/h2,4-5,8-17,30H,3,6-7,18-20H2,1H3/q+1/t27-/m1/s1. The number of aliphatic hydroxyl groups is 1. The van der Waals surface area contributed by atoms with Crippen molar-refractivity contribution in [2.45, 2.75) is 38.3 Å². The van der Waals surface area contributed by atoms with Crippen molar-refractivity contribution in [3.8, 4) is 11.1 Å². The number of aryl methyl sites for hydroxylation is 1. The minimum absolute atomic E-state index is 0.612. The second kappa shape index (κ2) is 7.73. The van der Waals surface area contributed by atoms with Crippen LogP contribution in [0, 0.1) is 6.92 Å². The van der Waals surface area contributed by atoms with E-state index in [1.54, 1.807) is 0 Å². The van der Waals surface area contributed by atoms with Gasteiger partial charge in [-0.3, -0.25) is 0 Å². The fourth-order valence-corrected chi connectivity index (χ4v) is 4.83. The van der Waals surface area contributed by atoms with Crippen LogP contribution in [-0.2, 0) is 5.72 Å². The van der Waals surface area contributed by atoms with Gasteiger partial charge < -0.3 is 5.11 Å². The first-order valence-corrected chi connectivity index (χ1v) is 11.0. The number of nitrogens with zero attached hydrogens (tertiary/aromatic N) is 2. The van der Waals surface area contributed by atoms with Crippen molar-refractivity contribution in [2.75, 3.05) is 13.1 Å². The number of hydrogen-bond donors (Lipinski definition) is 1. The van der Waals surface area contributed by atoms with Gasteiger partial charge in [0.25, 0.3) is 0 Å². The molecular formula is C27H29N2O+. The van der Waals surface area contributed by atoms with Gasteiger partial charge in [-0.15, -0.1) is 9.69 Å². The smallest absolute Gasteiger partial charge is 0.225 e. The van der Waals surface area contributed by atoms with Gasteiger partial charge in [0.05, 0.1) is 13.0 Å². The Bertz CT molecular complexity index is 1050. The van der Waals surface area contributed by atoms with Crippen LogP contribution in [-0.4, -0.2) is 33.6 Å². The number of benzene rings is 3. The average molecular weight is 398 g/mol. The Balaban J connectivity index is 1.52. The number of hydrogen-bond acceptors (Lipinski definition) is 2. The molecule has 0 radical (unpaired) electrons. The van der Waals surface area contributed by atoms with Crippen molar-refractivity contribution in [1.82, 2.24) is 5.01 Å². The van der Waals surface area contributed by atoms with Crippen LogP contribution in [0.25, 0.3) is 11.1 Å². The molecule has 5 rings (SSSR count). The second-order valence-electron chi connectivity index (χ2n) is 8.56. The summed E-state index contributed by atoms with van der Waals surface area (Å²) in [6.45, 7) is 3.96. The molecule has 0 saturated carbocycles. The van der Waals surface area contributed by atoms with Gasteiger partial charge in [-0.25, -0.2) is 0 Å². The molecule has 2 aliphatic rings. The van der Waals surface area contributed by atoms with Gasteiger partial charge in [-0.05, 0) is 43.0 Å². The Morgan fingerprint density at radius 2 is 1.43 bits per heavy atom. The molecule has 1 atom stereocenters. The van der Waals surface area contributed by atoms with E-state index >= 15 is 0 Å². The number of rotatable bonds is 3. The maximum atomic E-state index is 12.0. The Hall–Kier alpha value is -2.91. The summed E-state index contributed by atoms with van der Waals surface area (Å²) >= 11 is 0. The number of fused-ring (bicyclic) bond motifs is 1. The normalized spacial score (nSPS) is 21.5. The van der Waals surface area contributed by atoms with E-state index in [-0.39, 0.29) is 0 Å². The molecule has 0 aliphatic carbocycles. The SMILES string of the molecule is Cc1ccc(C2=[N+]3CCCCCN3[C@](O)(c3ccc(-c4ccccc4)cc3)C2)cc1. The lowest BCUT2D eigenvalue weighted by Crippen LogP contribution is -2.46. The molecule has 1 saturated heterocycles. The fourth-order valence-electron chi connectivity index (χ4n) is 4.83. The van der Waals surface area contributed by atoms with E-state index in [2.05, 4.69) is 89.4 Å². The van der Waals surface area contributed by atoms with Crippen LogP contribution in [0.1, 0.15) is 42.4 Å². The summed E-state index contributed by atoms with van der Waals surface area (Å²) in [5.74, 6) is 0. The van der Waals surface area contributed by atoms with E-state index in [1.807, 2.05) is 6.07 Å². The molecule has 2 heterocycles. The molecule has 1 fully saturated rings. The van der Waals surface area contributed by atoms with Gasteiger partial charge in [-0.2, -0.15) is 0 Å². The van der Waals surface area contributed by atoms with Crippen LogP contribution in [0.5, 0.6) is 0 Å². The van der Waals surface area contributed by atoms with E-state index in [0.717, 1.165) is 31.5 Å². The van der Waals surface area contributed by atoms with E-state index < -0.39 is 5.72 Å². The average Bonchev–Trinajstić information content (AvgIpc) is 2.94. The molecule has 3 aromatic rings. The molecular weight excluding hydrogens is 368 g/mol. The van der Waals surface area contributed by atoms with Crippen LogP contribution in [0.2, 0.25) is 0 Å². The maximum Gasteiger partial charge on any atom is 0.225 e. The van der Waals surface area contributed by atoms with Crippen LogP contribution < -0.4 is 0 Å². The molecule has 0 spiro atoms. The van der Waals surface area contributed by atoms with Gasteiger partial charge in [0.2, 0.25) is 11.4 Å². The highest BCUT2D eigenvalue weighted by Crippen LogP contribution is 2.38. The van der Waals surface area contributed by atoms with E-state index in [9.17, 15) is 5.11 Å². The topological polar surface area (TPSA) is 26.5 Å². The minimum atomic E-state index is -1.00. The second-order valence-corrected chi connectivity index (χ2v) is 8.56. The zero-order chi connectivity index (χ0) is 20.6. The van der Waals surface area contributed by atoms with Crippen molar-refractivity contribution in [1.29, 1.82) is 0 Å². The zero-order valence-electron chi connectivity index (χ0n) is 17.6.